The van der Waals surface area contributed by atoms with Crippen LogP contribution in [0.3, 0.4) is 0 Å². The Balaban J connectivity index is 1.66. The van der Waals surface area contributed by atoms with Crippen LogP contribution in [0.5, 0.6) is 0 Å². The molecule has 2 fully saturated rings. The van der Waals surface area contributed by atoms with Gasteiger partial charge in [0.05, 0.1) is 13.1 Å². The molecule has 0 amide bonds. The highest BCUT2D eigenvalue weighted by Crippen LogP contribution is 2.38. The van der Waals surface area contributed by atoms with Crippen LogP contribution in [0, 0.1) is 5.92 Å². The quantitative estimate of drug-likeness (QED) is 0.804. The number of nitrogens with zero attached hydrogens (tertiary/aromatic N) is 2. The van der Waals surface area contributed by atoms with Crippen LogP contribution in [0.1, 0.15) is 43.2 Å². The van der Waals surface area contributed by atoms with E-state index in [1.807, 2.05) is 6.07 Å². The van der Waals surface area contributed by atoms with Crippen molar-refractivity contribution in [1.29, 1.82) is 0 Å². The third kappa shape index (κ3) is 4.30. The number of rotatable bonds is 3. The summed E-state index contributed by atoms with van der Waals surface area (Å²) in [5, 5.41) is 3.47. The number of sulfonamides is 1. The Morgan fingerprint density at radius 3 is 2.70 bits per heavy atom. The smallest absolute Gasteiger partial charge is 0.122 e. The van der Waals surface area contributed by atoms with Crippen molar-refractivity contribution < 1.29 is 8.76 Å². The summed E-state index contributed by atoms with van der Waals surface area (Å²) in [6.45, 7) is 5.59. The second kappa shape index (κ2) is 7.91. The molecule has 2 saturated heterocycles. The number of likely N-dealkylation sites (tertiary alicyclic amines) is 1. The van der Waals surface area contributed by atoms with Crippen molar-refractivity contribution in [2.45, 2.75) is 50.6 Å². The van der Waals surface area contributed by atoms with Gasteiger partial charge in [0.1, 0.15) is 16.7 Å². The minimum Gasteiger partial charge on any atom is -0.598 e. The normalized spacial score (nSPS) is 30.6. The molecule has 1 spiro atoms. The molecule has 1 N–H and O–H groups in total. The van der Waals surface area contributed by atoms with Gasteiger partial charge in [-0.05, 0) is 68.8 Å². The van der Waals surface area contributed by atoms with E-state index >= 15 is 0 Å². The molecule has 0 bridgehead atoms. The van der Waals surface area contributed by atoms with Gasteiger partial charge in [0.25, 0.3) is 0 Å². The average Bonchev–Trinajstić information content (AvgIpc) is 2.82. The Hall–Kier alpha value is -0.790. The first-order chi connectivity index (χ1) is 13.0. The summed E-state index contributed by atoms with van der Waals surface area (Å²) in [4.78, 5) is 2.67. The molecule has 0 saturated carbocycles. The summed E-state index contributed by atoms with van der Waals surface area (Å²) < 4.78 is 26.9. The lowest BCUT2D eigenvalue weighted by Gasteiger charge is -2.49. The SMILES string of the molecule is C[S+](=O)([O-])N1Cc2ccccc2CC2(CCCCN2CC2CCNCC2)C1. The number of piperidine rings is 2. The summed E-state index contributed by atoms with van der Waals surface area (Å²) >= 11 is 0. The Morgan fingerprint density at radius 1 is 1.22 bits per heavy atom. The van der Waals surface area contributed by atoms with E-state index < -0.39 is 10.4 Å². The molecule has 0 radical (unpaired) electrons. The van der Waals surface area contributed by atoms with Crippen LogP contribution in [0.25, 0.3) is 0 Å². The van der Waals surface area contributed by atoms with Crippen molar-refractivity contribution in [1.82, 2.24) is 14.5 Å². The van der Waals surface area contributed by atoms with Crippen molar-refractivity contribution in [3.63, 3.8) is 0 Å². The van der Waals surface area contributed by atoms with Gasteiger partial charge in [-0.3, -0.25) is 4.90 Å². The van der Waals surface area contributed by atoms with Crippen molar-refractivity contribution in [2.24, 2.45) is 5.92 Å². The topological polar surface area (TPSA) is 58.6 Å². The summed E-state index contributed by atoms with van der Waals surface area (Å²) in [5.74, 6) is 0.728. The first-order valence-electron chi connectivity index (χ1n) is 10.4. The van der Waals surface area contributed by atoms with Crippen LogP contribution in [0.2, 0.25) is 0 Å². The average molecular weight is 392 g/mol. The van der Waals surface area contributed by atoms with Gasteiger partial charge in [0.15, 0.2) is 0 Å². The Morgan fingerprint density at radius 2 is 1.96 bits per heavy atom. The maximum Gasteiger partial charge on any atom is 0.122 e. The maximum absolute atomic E-state index is 12.6. The minimum absolute atomic E-state index is 0.0567. The molecule has 0 aliphatic carbocycles. The fraction of sp³-hybridized carbons (Fsp3) is 0.714. The van der Waals surface area contributed by atoms with Crippen LogP contribution in [-0.4, -0.2) is 58.3 Å². The fourth-order valence-electron chi connectivity index (χ4n) is 5.30. The number of benzene rings is 1. The van der Waals surface area contributed by atoms with Crippen molar-refractivity contribution in [2.75, 3.05) is 39.0 Å². The third-order valence-electron chi connectivity index (χ3n) is 6.85. The van der Waals surface area contributed by atoms with E-state index in [1.165, 1.54) is 43.1 Å². The second-order valence-corrected chi connectivity index (χ2v) is 10.8. The zero-order valence-electron chi connectivity index (χ0n) is 16.5. The molecular weight excluding hydrogens is 358 g/mol. The number of nitrogens with one attached hydrogen (secondary N) is 1. The summed E-state index contributed by atoms with van der Waals surface area (Å²) in [5.41, 5.74) is 2.45. The van der Waals surface area contributed by atoms with E-state index in [0.717, 1.165) is 44.9 Å². The van der Waals surface area contributed by atoms with Crippen LogP contribution >= 0.6 is 0 Å². The van der Waals surface area contributed by atoms with Gasteiger partial charge in [-0.1, -0.05) is 34.9 Å². The molecule has 4 rings (SSSR count). The molecule has 150 valence electrons. The molecule has 3 heterocycles. The van der Waals surface area contributed by atoms with Crippen LogP contribution in [-0.2, 0) is 27.6 Å². The Bertz CT molecular complexity index is 700. The first-order valence-corrected chi connectivity index (χ1v) is 12.3. The summed E-state index contributed by atoms with van der Waals surface area (Å²) in [6.07, 6.45) is 8.33. The lowest BCUT2D eigenvalue weighted by molar-refractivity contribution is 0.0155. The summed E-state index contributed by atoms with van der Waals surface area (Å²) in [7, 11) is -3.23. The predicted molar refractivity (Wildman–Crippen MR) is 109 cm³/mol. The molecule has 2 atom stereocenters. The minimum atomic E-state index is -3.23. The molecular formula is C21H33N3O2S. The van der Waals surface area contributed by atoms with Crippen molar-refractivity contribution in [3.05, 3.63) is 35.4 Å². The van der Waals surface area contributed by atoms with Gasteiger partial charge in [-0.25, -0.2) is 0 Å². The molecule has 5 nitrogen and oxygen atoms in total. The highest BCUT2D eigenvalue weighted by Gasteiger charge is 2.45. The van der Waals surface area contributed by atoms with Gasteiger partial charge < -0.3 is 9.87 Å². The van der Waals surface area contributed by atoms with E-state index in [0.29, 0.717) is 13.1 Å². The van der Waals surface area contributed by atoms with Crippen molar-refractivity contribution >= 4 is 10.4 Å². The second-order valence-electron chi connectivity index (χ2n) is 8.80. The molecule has 1 aromatic carbocycles. The Labute approximate surface area is 164 Å². The number of hydrogen-bond acceptors (Lipinski definition) is 4. The highest BCUT2D eigenvalue weighted by molar-refractivity contribution is 7.94. The van der Waals surface area contributed by atoms with Crippen molar-refractivity contribution in [3.8, 4) is 0 Å². The first kappa shape index (κ1) is 19.5. The summed E-state index contributed by atoms with van der Waals surface area (Å²) in [6, 6.07) is 8.44. The molecule has 1 aromatic rings. The lowest BCUT2D eigenvalue weighted by Crippen LogP contribution is -2.60. The molecule has 3 aliphatic heterocycles. The maximum atomic E-state index is 12.6. The van der Waals surface area contributed by atoms with E-state index in [2.05, 4.69) is 28.4 Å². The van der Waals surface area contributed by atoms with Gasteiger partial charge in [-0.2, -0.15) is 0 Å². The molecule has 0 aromatic heterocycles. The van der Waals surface area contributed by atoms with Crippen LogP contribution in [0.15, 0.2) is 24.3 Å². The molecule has 6 heteroatoms. The largest absolute Gasteiger partial charge is 0.598 e. The van der Waals surface area contributed by atoms with E-state index in [-0.39, 0.29) is 5.54 Å². The fourth-order valence-corrected chi connectivity index (χ4v) is 6.14. The predicted octanol–water partition coefficient (Wildman–Crippen LogP) is 2.44. The van der Waals surface area contributed by atoms with Crippen LogP contribution < -0.4 is 5.32 Å². The molecule has 3 aliphatic rings. The molecule has 27 heavy (non-hydrogen) atoms. The zero-order valence-corrected chi connectivity index (χ0v) is 17.3. The van der Waals surface area contributed by atoms with Gasteiger partial charge in [-0.15, -0.1) is 4.31 Å². The zero-order chi connectivity index (χ0) is 18.9. The third-order valence-corrected chi connectivity index (χ3v) is 8.05. The van der Waals surface area contributed by atoms with E-state index in [9.17, 15) is 8.76 Å². The monoisotopic (exact) mass is 391 g/mol. The van der Waals surface area contributed by atoms with E-state index in [1.54, 1.807) is 4.31 Å². The van der Waals surface area contributed by atoms with Gasteiger partial charge >= 0.3 is 0 Å². The van der Waals surface area contributed by atoms with Crippen LogP contribution in [0.4, 0.5) is 0 Å². The van der Waals surface area contributed by atoms with Gasteiger partial charge in [0.2, 0.25) is 0 Å². The number of hydrogen-bond donors (Lipinski definition) is 1. The van der Waals surface area contributed by atoms with Gasteiger partial charge in [0, 0.05) is 12.1 Å². The Kier molecular flexibility index (Phi) is 5.72. The standard InChI is InChI=1S/C21H33N3O2S/c1-27(25,26)24-16-20-7-3-2-6-19(20)14-21(17-24)10-4-5-13-23(21)15-18-8-11-22-12-9-18/h2-3,6-7,18,22H,4-5,8-17H2,1H3. The number of fused-ring (bicyclic) bond motifs is 1. The lowest BCUT2D eigenvalue weighted by atomic mass is 9.80. The van der Waals surface area contributed by atoms with E-state index in [4.69, 9.17) is 0 Å². The highest BCUT2D eigenvalue weighted by atomic mass is 32.3. The molecule has 2 unspecified atom stereocenters.